The van der Waals surface area contributed by atoms with Gasteiger partial charge in [0.05, 0.1) is 13.2 Å². The number of nitrogens with one attached hydrogen (secondary N) is 1. The highest BCUT2D eigenvalue weighted by molar-refractivity contribution is 7.89. The molecule has 1 heterocycles. The van der Waals surface area contributed by atoms with Crippen molar-refractivity contribution in [1.29, 1.82) is 0 Å². The number of sulfonamides is 1. The van der Waals surface area contributed by atoms with Gasteiger partial charge in [0, 0.05) is 32.2 Å². The number of methoxy groups -OCH3 is 1. The molecule has 1 fully saturated rings. The summed E-state index contributed by atoms with van der Waals surface area (Å²) in [5, 5.41) is 2.93. The normalized spacial score (nSPS) is 16.3. The first-order valence-corrected chi connectivity index (χ1v) is 11.2. The number of nitrogens with zero attached hydrogens (tertiary/aromatic N) is 1. The van der Waals surface area contributed by atoms with Crippen LogP contribution >= 0.6 is 0 Å². The van der Waals surface area contributed by atoms with Crippen LogP contribution in [-0.2, 0) is 19.6 Å². The van der Waals surface area contributed by atoms with Gasteiger partial charge in [-0.05, 0) is 57.7 Å². The van der Waals surface area contributed by atoms with E-state index in [1.807, 2.05) is 26.8 Å². The number of rotatable bonds is 9. The van der Waals surface area contributed by atoms with Crippen molar-refractivity contribution in [2.75, 3.05) is 33.4 Å². The van der Waals surface area contributed by atoms with Crippen LogP contribution in [0, 0.1) is 12.8 Å². The Morgan fingerprint density at radius 2 is 1.96 bits per heavy atom. The van der Waals surface area contributed by atoms with Crippen LogP contribution in [0.1, 0.15) is 38.7 Å². The van der Waals surface area contributed by atoms with Gasteiger partial charge in [-0.25, -0.2) is 8.42 Å². The zero-order chi connectivity index (χ0) is 20.7. The number of ether oxygens (including phenoxy) is 2. The van der Waals surface area contributed by atoms with Crippen molar-refractivity contribution in [3.63, 3.8) is 0 Å². The fourth-order valence-corrected chi connectivity index (χ4v) is 4.94. The highest BCUT2D eigenvalue weighted by Crippen LogP contribution is 2.30. The van der Waals surface area contributed by atoms with E-state index in [2.05, 4.69) is 5.32 Å². The van der Waals surface area contributed by atoms with Gasteiger partial charge in [0.15, 0.2) is 0 Å². The van der Waals surface area contributed by atoms with E-state index in [1.165, 1.54) is 11.4 Å². The molecular weight excluding hydrogens is 380 g/mol. The van der Waals surface area contributed by atoms with E-state index < -0.39 is 10.0 Å². The average Bonchev–Trinajstić information content (AvgIpc) is 2.67. The standard InChI is InChI=1S/C20H32N2O5S/c1-15(2)27-13-5-10-21-20(23)17-8-11-22(12-9-17)28(24,25)19-14-16(3)6-7-18(19)26-4/h6-7,14-15,17H,5,8-13H2,1-4H3,(H,21,23). The molecule has 1 aliphatic rings. The second kappa shape index (κ2) is 10.2. The Balaban J connectivity index is 1.89. The summed E-state index contributed by atoms with van der Waals surface area (Å²) in [5.74, 6) is 0.181. The maximum Gasteiger partial charge on any atom is 0.246 e. The van der Waals surface area contributed by atoms with Gasteiger partial charge in [-0.3, -0.25) is 4.79 Å². The molecule has 2 rings (SSSR count). The monoisotopic (exact) mass is 412 g/mol. The molecule has 1 aliphatic heterocycles. The Morgan fingerprint density at radius 1 is 1.29 bits per heavy atom. The maximum absolute atomic E-state index is 13.0. The smallest absolute Gasteiger partial charge is 0.246 e. The molecule has 1 aromatic rings. The topological polar surface area (TPSA) is 84.9 Å². The van der Waals surface area contributed by atoms with Gasteiger partial charge in [-0.15, -0.1) is 0 Å². The number of benzene rings is 1. The lowest BCUT2D eigenvalue weighted by Gasteiger charge is -2.31. The van der Waals surface area contributed by atoms with Crippen LogP contribution in [0.5, 0.6) is 5.75 Å². The highest BCUT2D eigenvalue weighted by atomic mass is 32.2. The second-order valence-corrected chi connectivity index (χ2v) is 9.30. The van der Waals surface area contributed by atoms with Crippen LogP contribution in [0.4, 0.5) is 0 Å². The Morgan fingerprint density at radius 3 is 2.57 bits per heavy atom. The summed E-state index contributed by atoms with van der Waals surface area (Å²) in [4.78, 5) is 12.5. The first-order chi connectivity index (χ1) is 13.3. The number of hydrogen-bond donors (Lipinski definition) is 1. The van der Waals surface area contributed by atoms with E-state index in [-0.39, 0.29) is 22.8 Å². The van der Waals surface area contributed by atoms with Crippen LogP contribution in [-0.4, -0.2) is 58.1 Å². The van der Waals surface area contributed by atoms with Crippen LogP contribution in [0.3, 0.4) is 0 Å². The predicted octanol–water partition coefficient (Wildman–Crippen LogP) is 2.34. The zero-order valence-corrected chi connectivity index (χ0v) is 18.0. The van der Waals surface area contributed by atoms with Crippen molar-refractivity contribution in [3.8, 4) is 5.75 Å². The SMILES string of the molecule is COc1ccc(C)cc1S(=O)(=O)N1CCC(C(=O)NCCCOC(C)C)CC1. The summed E-state index contributed by atoms with van der Waals surface area (Å²) >= 11 is 0. The lowest BCUT2D eigenvalue weighted by Crippen LogP contribution is -2.43. The minimum Gasteiger partial charge on any atom is -0.495 e. The molecule has 0 atom stereocenters. The molecule has 158 valence electrons. The van der Waals surface area contributed by atoms with E-state index in [4.69, 9.17) is 9.47 Å². The van der Waals surface area contributed by atoms with Crippen LogP contribution in [0.2, 0.25) is 0 Å². The predicted molar refractivity (Wildman–Crippen MR) is 108 cm³/mol. The van der Waals surface area contributed by atoms with Crippen LogP contribution in [0.15, 0.2) is 23.1 Å². The van der Waals surface area contributed by atoms with Crippen molar-refractivity contribution in [3.05, 3.63) is 23.8 Å². The number of carbonyl (C=O) groups excluding carboxylic acids is 1. The van der Waals surface area contributed by atoms with Gasteiger partial charge in [0.2, 0.25) is 15.9 Å². The molecule has 0 aliphatic carbocycles. The largest absolute Gasteiger partial charge is 0.495 e. The molecule has 1 amide bonds. The Bertz CT molecular complexity index is 756. The third-order valence-corrected chi connectivity index (χ3v) is 6.75. The molecule has 0 bridgehead atoms. The van der Waals surface area contributed by atoms with Crippen LogP contribution in [0.25, 0.3) is 0 Å². The number of hydrogen-bond acceptors (Lipinski definition) is 5. The van der Waals surface area contributed by atoms with E-state index in [1.54, 1.807) is 12.1 Å². The third kappa shape index (κ3) is 5.93. The molecule has 28 heavy (non-hydrogen) atoms. The molecule has 1 aromatic carbocycles. The Hall–Kier alpha value is -1.64. The number of piperidine rings is 1. The van der Waals surface area contributed by atoms with Gasteiger partial charge >= 0.3 is 0 Å². The Kier molecular flexibility index (Phi) is 8.27. The van der Waals surface area contributed by atoms with Gasteiger partial charge in [-0.1, -0.05) is 6.07 Å². The molecular formula is C20H32N2O5S. The van der Waals surface area contributed by atoms with E-state index in [9.17, 15) is 13.2 Å². The van der Waals surface area contributed by atoms with Gasteiger partial charge < -0.3 is 14.8 Å². The average molecular weight is 413 g/mol. The van der Waals surface area contributed by atoms with Gasteiger partial charge in [0.1, 0.15) is 10.6 Å². The molecule has 7 nitrogen and oxygen atoms in total. The first kappa shape index (κ1) is 22.6. The van der Waals surface area contributed by atoms with Crippen LogP contribution < -0.4 is 10.1 Å². The zero-order valence-electron chi connectivity index (χ0n) is 17.2. The molecule has 0 unspecified atom stereocenters. The molecule has 0 saturated carbocycles. The summed E-state index contributed by atoms with van der Waals surface area (Å²) in [6, 6.07) is 5.12. The van der Waals surface area contributed by atoms with E-state index >= 15 is 0 Å². The van der Waals surface area contributed by atoms with Crippen molar-refractivity contribution in [1.82, 2.24) is 9.62 Å². The molecule has 0 spiro atoms. The number of amides is 1. The van der Waals surface area contributed by atoms with E-state index in [0.29, 0.717) is 44.8 Å². The van der Waals surface area contributed by atoms with Crippen molar-refractivity contribution < 1.29 is 22.7 Å². The third-order valence-electron chi connectivity index (χ3n) is 4.83. The minimum atomic E-state index is -3.65. The Labute approximate surface area is 168 Å². The maximum atomic E-state index is 13.0. The molecule has 1 N–H and O–H groups in total. The summed E-state index contributed by atoms with van der Waals surface area (Å²) in [5.41, 5.74) is 0.857. The van der Waals surface area contributed by atoms with Gasteiger partial charge in [-0.2, -0.15) is 4.31 Å². The number of aryl methyl sites for hydroxylation is 1. The van der Waals surface area contributed by atoms with E-state index in [0.717, 1.165) is 12.0 Å². The first-order valence-electron chi connectivity index (χ1n) is 9.79. The summed E-state index contributed by atoms with van der Waals surface area (Å²) < 4.78 is 38.2. The lowest BCUT2D eigenvalue weighted by molar-refractivity contribution is -0.126. The summed E-state index contributed by atoms with van der Waals surface area (Å²) in [6.45, 7) is 7.65. The fraction of sp³-hybridized carbons (Fsp3) is 0.650. The summed E-state index contributed by atoms with van der Waals surface area (Å²) in [7, 11) is -2.18. The van der Waals surface area contributed by atoms with Crippen molar-refractivity contribution in [2.24, 2.45) is 5.92 Å². The fourth-order valence-electron chi connectivity index (χ4n) is 3.23. The molecule has 8 heteroatoms. The highest BCUT2D eigenvalue weighted by Gasteiger charge is 2.33. The van der Waals surface area contributed by atoms with Crippen molar-refractivity contribution >= 4 is 15.9 Å². The minimum absolute atomic E-state index is 0.00488. The van der Waals surface area contributed by atoms with Crippen molar-refractivity contribution in [2.45, 2.75) is 51.0 Å². The molecule has 0 radical (unpaired) electrons. The second-order valence-electron chi connectivity index (χ2n) is 7.40. The molecule has 1 saturated heterocycles. The lowest BCUT2D eigenvalue weighted by atomic mass is 9.97. The number of carbonyl (C=O) groups is 1. The molecule has 0 aromatic heterocycles. The summed E-state index contributed by atoms with van der Waals surface area (Å²) in [6.07, 6.45) is 1.99. The van der Waals surface area contributed by atoms with Gasteiger partial charge in [0.25, 0.3) is 0 Å². The quantitative estimate of drug-likeness (QED) is 0.629.